The van der Waals surface area contributed by atoms with E-state index < -0.39 is 18.1 Å². The summed E-state index contributed by atoms with van der Waals surface area (Å²) in [5.41, 5.74) is 0.934. The van der Waals surface area contributed by atoms with Gasteiger partial charge >= 0.3 is 5.97 Å². The number of carbonyl (C=O) groups excluding carboxylic acids is 3. The lowest BCUT2D eigenvalue weighted by Crippen LogP contribution is -2.62. The summed E-state index contributed by atoms with van der Waals surface area (Å²) in [4.78, 5) is 37.2. The monoisotopic (exact) mass is 290 g/mol. The van der Waals surface area contributed by atoms with Gasteiger partial charge in [-0.15, -0.1) is 0 Å². The Morgan fingerprint density at radius 1 is 1.29 bits per heavy atom. The number of amides is 2. The van der Waals surface area contributed by atoms with Gasteiger partial charge in [-0.2, -0.15) is 0 Å². The summed E-state index contributed by atoms with van der Waals surface area (Å²) in [7, 11) is 1.25. The average molecular weight is 290 g/mol. The Bertz CT molecular complexity index is 542. The van der Waals surface area contributed by atoms with Crippen LogP contribution in [0.4, 0.5) is 0 Å². The lowest BCUT2D eigenvalue weighted by atomic mass is 10.0. The van der Waals surface area contributed by atoms with Crippen molar-refractivity contribution in [2.75, 3.05) is 7.11 Å². The molecule has 0 radical (unpaired) electrons. The molecule has 1 aliphatic rings. The van der Waals surface area contributed by atoms with Gasteiger partial charge in [-0.05, 0) is 12.5 Å². The van der Waals surface area contributed by atoms with E-state index in [1.165, 1.54) is 12.0 Å². The van der Waals surface area contributed by atoms with Crippen molar-refractivity contribution in [3.05, 3.63) is 35.9 Å². The number of piperazine rings is 1. The van der Waals surface area contributed by atoms with Gasteiger partial charge < -0.3 is 15.0 Å². The van der Waals surface area contributed by atoms with Gasteiger partial charge in [0.25, 0.3) is 0 Å². The molecule has 6 nitrogen and oxygen atoms in total. The summed E-state index contributed by atoms with van der Waals surface area (Å²) in [5, 5.41) is 2.57. The molecule has 0 aromatic heterocycles. The molecule has 2 atom stereocenters. The molecule has 2 amide bonds. The number of benzene rings is 1. The normalized spacial score (nSPS) is 21.9. The Balaban J connectivity index is 2.15. The predicted molar refractivity (Wildman–Crippen MR) is 75.0 cm³/mol. The van der Waals surface area contributed by atoms with Crippen LogP contribution in [0.1, 0.15) is 18.9 Å². The van der Waals surface area contributed by atoms with Crippen molar-refractivity contribution in [1.82, 2.24) is 10.2 Å². The van der Waals surface area contributed by atoms with Gasteiger partial charge in [0.2, 0.25) is 11.8 Å². The lowest BCUT2D eigenvalue weighted by Gasteiger charge is -2.37. The highest BCUT2D eigenvalue weighted by Crippen LogP contribution is 2.16. The van der Waals surface area contributed by atoms with Gasteiger partial charge in [-0.3, -0.25) is 14.4 Å². The molecule has 1 N–H and O–H groups in total. The van der Waals surface area contributed by atoms with Crippen LogP contribution in [0, 0.1) is 0 Å². The van der Waals surface area contributed by atoms with Crippen molar-refractivity contribution in [3.63, 3.8) is 0 Å². The maximum Gasteiger partial charge on any atom is 0.308 e. The molecule has 0 unspecified atom stereocenters. The van der Waals surface area contributed by atoms with Crippen LogP contribution in [-0.2, 0) is 25.7 Å². The van der Waals surface area contributed by atoms with E-state index in [2.05, 4.69) is 10.1 Å². The van der Waals surface area contributed by atoms with Gasteiger partial charge in [0.1, 0.15) is 12.1 Å². The number of hydrogen-bond donors (Lipinski definition) is 1. The van der Waals surface area contributed by atoms with Gasteiger partial charge in [0, 0.05) is 6.54 Å². The summed E-state index contributed by atoms with van der Waals surface area (Å²) < 4.78 is 4.56. The summed E-state index contributed by atoms with van der Waals surface area (Å²) in [6.07, 6.45) is -0.154. The topological polar surface area (TPSA) is 75.7 Å². The number of nitrogens with one attached hydrogen (secondary N) is 1. The molecule has 0 aliphatic carbocycles. The first-order valence-electron chi connectivity index (χ1n) is 6.74. The third-order valence-electron chi connectivity index (χ3n) is 3.54. The van der Waals surface area contributed by atoms with Crippen LogP contribution < -0.4 is 5.32 Å². The minimum absolute atomic E-state index is 0.154. The number of rotatable bonds is 4. The summed E-state index contributed by atoms with van der Waals surface area (Å²) in [5.74, 6) is -1.06. The predicted octanol–water partition coefficient (Wildman–Crippen LogP) is 0.465. The average Bonchev–Trinajstić information content (AvgIpc) is 2.50. The van der Waals surface area contributed by atoms with Crippen molar-refractivity contribution in [2.45, 2.75) is 32.0 Å². The fourth-order valence-corrected chi connectivity index (χ4v) is 2.27. The number of hydrogen-bond acceptors (Lipinski definition) is 4. The molecule has 1 saturated heterocycles. The molecule has 6 heteroatoms. The van der Waals surface area contributed by atoms with Crippen LogP contribution in [0.2, 0.25) is 0 Å². The molecule has 0 saturated carbocycles. The zero-order valence-corrected chi connectivity index (χ0v) is 12.0. The van der Waals surface area contributed by atoms with Crippen molar-refractivity contribution in [3.8, 4) is 0 Å². The summed E-state index contributed by atoms with van der Waals surface area (Å²) in [6.45, 7) is 2.01. The standard InChI is InChI=1S/C15H18N2O4/c1-10-14(19)16-12(8-13(18)21-2)15(20)17(10)9-11-6-4-3-5-7-11/h3-7,10,12H,8-9H2,1-2H3,(H,16,19)/t10-,12+/m0/s1. The van der Waals surface area contributed by atoms with E-state index in [4.69, 9.17) is 0 Å². The molecule has 1 heterocycles. The Kier molecular flexibility index (Phi) is 4.57. The van der Waals surface area contributed by atoms with E-state index in [1.807, 2.05) is 30.3 Å². The smallest absolute Gasteiger partial charge is 0.308 e. The van der Waals surface area contributed by atoms with Crippen LogP contribution in [0.3, 0.4) is 0 Å². The first-order chi connectivity index (χ1) is 10.0. The SMILES string of the molecule is COC(=O)C[C@H]1NC(=O)[C@H](C)N(Cc2ccccc2)C1=O. The Morgan fingerprint density at radius 2 is 1.95 bits per heavy atom. The van der Waals surface area contributed by atoms with Gasteiger partial charge in [0.05, 0.1) is 13.5 Å². The summed E-state index contributed by atoms with van der Waals surface area (Å²) >= 11 is 0. The quantitative estimate of drug-likeness (QED) is 0.818. The van der Waals surface area contributed by atoms with Gasteiger partial charge in [-0.25, -0.2) is 0 Å². The van der Waals surface area contributed by atoms with Crippen LogP contribution in [0.25, 0.3) is 0 Å². The molecule has 2 rings (SSSR count). The van der Waals surface area contributed by atoms with E-state index >= 15 is 0 Å². The second kappa shape index (κ2) is 6.39. The molecular formula is C15H18N2O4. The Morgan fingerprint density at radius 3 is 2.57 bits per heavy atom. The lowest BCUT2D eigenvalue weighted by molar-refractivity contribution is -0.153. The Labute approximate surface area is 123 Å². The fraction of sp³-hybridized carbons (Fsp3) is 0.400. The number of methoxy groups -OCH3 is 1. The fourth-order valence-electron chi connectivity index (χ4n) is 2.27. The number of nitrogens with zero attached hydrogens (tertiary/aromatic N) is 1. The highest BCUT2D eigenvalue weighted by atomic mass is 16.5. The molecule has 112 valence electrons. The molecule has 21 heavy (non-hydrogen) atoms. The molecule has 1 aromatic carbocycles. The van der Waals surface area contributed by atoms with E-state index in [0.717, 1.165) is 5.56 Å². The van der Waals surface area contributed by atoms with E-state index in [0.29, 0.717) is 6.54 Å². The van der Waals surface area contributed by atoms with Gasteiger partial charge in [-0.1, -0.05) is 30.3 Å². The highest BCUT2D eigenvalue weighted by Gasteiger charge is 2.39. The maximum atomic E-state index is 12.4. The van der Waals surface area contributed by atoms with Crippen molar-refractivity contribution in [2.24, 2.45) is 0 Å². The van der Waals surface area contributed by atoms with Gasteiger partial charge in [0.15, 0.2) is 0 Å². The van der Waals surface area contributed by atoms with E-state index in [1.54, 1.807) is 6.92 Å². The zero-order valence-electron chi connectivity index (χ0n) is 12.0. The highest BCUT2D eigenvalue weighted by molar-refractivity contribution is 5.98. The van der Waals surface area contributed by atoms with E-state index in [9.17, 15) is 14.4 Å². The molecule has 1 fully saturated rings. The Hall–Kier alpha value is -2.37. The molecule has 0 spiro atoms. The molecule has 1 aromatic rings. The first-order valence-corrected chi connectivity index (χ1v) is 6.74. The van der Waals surface area contributed by atoms with Crippen LogP contribution >= 0.6 is 0 Å². The second-order valence-corrected chi connectivity index (χ2v) is 4.97. The number of ether oxygens (including phenoxy) is 1. The number of esters is 1. The zero-order chi connectivity index (χ0) is 15.4. The van der Waals surface area contributed by atoms with Crippen molar-refractivity contribution < 1.29 is 19.1 Å². The van der Waals surface area contributed by atoms with Crippen molar-refractivity contribution >= 4 is 17.8 Å². The molecule has 0 bridgehead atoms. The van der Waals surface area contributed by atoms with E-state index in [-0.39, 0.29) is 18.2 Å². The molecular weight excluding hydrogens is 272 g/mol. The van der Waals surface area contributed by atoms with Crippen LogP contribution in [0.15, 0.2) is 30.3 Å². The molecule has 1 aliphatic heterocycles. The first kappa shape index (κ1) is 15.0. The minimum Gasteiger partial charge on any atom is -0.469 e. The third kappa shape index (κ3) is 3.39. The minimum atomic E-state index is -0.857. The largest absolute Gasteiger partial charge is 0.469 e. The third-order valence-corrected chi connectivity index (χ3v) is 3.54. The van der Waals surface area contributed by atoms with Crippen LogP contribution in [0.5, 0.6) is 0 Å². The van der Waals surface area contributed by atoms with Crippen LogP contribution in [-0.4, -0.2) is 41.9 Å². The maximum absolute atomic E-state index is 12.4. The van der Waals surface area contributed by atoms with Crippen molar-refractivity contribution in [1.29, 1.82) is 0 Å². The number of carbonyl (C=O) groups is 3. The summed E-state index contributed by atoms with van der Waals surface area (Å²) in [6, 6.07) is 8.00. The second-order valence-electron chi connectivity index (χ2n) is 4.97.